The summed E-state index contributed by atoms with van der Waals surface area (Å²) in [4.78, 5) is 49.4. The van der Waals surface area contributed by atoms with E-state index in [4.69, 9.17) is 19.9 Å². The van der Waals surface area contributed by atoms with Crippen molar-refractivity contribution in [3.05, 3.63) is 50.4 Å². The Bertz CT molecular complexity index is 1170. The highest BCUT2D eigenvalue weighted by molar-refractivity contribution is 5.94. The van der Waals surface area contributed by atoms with Crippen LogP contribution in [-0.4, -0.2) is 60.8 Å². The molecular weight excluding hydrogens is 462 g/mol. The molecule has 1 saturated heterocycles. The van der Waals surface area contributed by atoms with E-state index in [9.17, 15) is 24.5 Å². The molecule has 1 aliphatic heterocycles. The first-order valence-electron chi connectivity index (χ1n) is 11.0. The minimum absolute atomic E-state index is 0.297. The number of anilines is 2. The zero-order valence-electron chi connectivity index (χ0n) is 19.4. The average molecular weight is 489 g/mol. The van der Waals surface area contributed by atoms with Crippen LogP contribution in [0.1, 0.15) is 24.2 Å². The highest BCUT2D eigenvalue weighted by atomic mass is 16.6. The number of aromatic nitrogens is 1. The summed E-state index contributed by atoms with van der Waals surface area (Å²) in [6, 6.07) is 4.17. The second-order valence-electron chi connectivity index (χ2n) is 7.50. The van der Waals surface area contributed by atoms with Crippen molar-refractivity contribution in [1.29, 1.82) is 0 Å². The standard InChI is InChI=1S/C22H27N5O8/c1-3-34-18-11-17(25-5-7-33-8-6-25)19(35-4-2)10-16(18)24-20(28)13-26-12-14(27(31)32)9-15(21(23)29)22(26)30/h9-12H,3-8,13H2,1-2H3,(H2,23,29)(H,24,28). The van der Waals surface area contributed by atoms with Gasteiger partial charge in [0, 0.05) is 31.3 Å². The van der Waals surface area contributed by atoms with Gasteiger partial charge in [-0.15, -0.1) is 0 Å². The summed E-state index contributed by atoms with van der Waals surface area (Å²) in [7, 11) is 0. The first-order valence-corrected chi connectivity index (χ1v) is 11.0. The smallest absolute Gasteiger partial charge is 0.286 e. The van der Waals surface area contributed by atoms with Gasteiger partial charge < -0.3 is 30.2 Å². The number of benzene rings is 1. The largest absolute Gasteiger partial charge is 0.492 e. The number of carbonyl (C=O) groups excluding carboxylic acids is 2. The molecule has 0 aliphatic carbocycles. The Morgan fingerprint density at radius 3 is 2.40 bits per heavy atom. The summed E-state index contributed by atoms with van der Waals surface area (Å²) in [6.45, 7) is 6.21. The third-order valence-corrected chi connectivity index (χ3v) is 5.15. The SMILES string of the molecule is CCOc1cc(N2CCOCC2)c(OCC)cc1NC(=O)Cn1cc([N+](=O)[O-])cc(C(N)=O)c1=O. The Hall–Kier alpha value is -4.13. The zero-order valence-corrected chi connectivity index (χ0v) is 19.4. The molecule has 1 aromatic carbocycles. The quantitative estimate of drug-likeness (QED) is 0.367. The molecule has 0 unspecified atom stereocenters. The molecule has 0 radical (unpaired) electrons. The van der Waals surface area contributed by atoms with Crippen LogP contribution in [0.4, 0.5) is 17.1 Å². The Morgan fingerprint density at radius 2 is 1.80 bits per heavy atom. The summed E-state index contributed by atoms with van der Waals surface area (Å²) in [5.74, 6) is -0.899. The van der Waals surface area contributed by atoms with Gasteiger partial charge in [-0.05, 0) is 13.8 Å². The number of pyridine rings is 1. The zero-order chi connectivity index (χ0) is 25.5. The van der Waals surface area contributed by atoms with Crippen molar-refractivity contribution in [2.45, 2.75) is 20.4 Å². The second kappa shape index (κ2) is 11.3. The predicted molar refractivity (Wildman–Crippen MR) is 126 cm³/mol. The van der Waals surface area contributed by atoms with Crippen LogP contribution in [0.3, 0.4) is 0 Å². The predicted octanol–water partition coefficient (Wildman–Crippen LogP) is 1.13. The van der Waals surface area contributed by atoms with Gasteiger partial charge in [0.25, 0.3) is 17.2 Å². The number of rotatable bonds is 10. The third-order valence-electron chi connectivity index (χ3n) is 5.15. The molecule has 0 saturated carbocycles. The van der Waals surface area contributed by atoms with Gasteiger partial charge in [-0.3, -0.25) is 29.1 Å². The molecule has 0 bridgehead atoms. The molecule has 2 aromatic rings. The lowest BCUT2D eigenvalue weighted by Crippen LogP contribution is -2.36. The van der Waals surface area contributed by atoms with Crippen molar-refractivity contribution in [3.63, 3.8) is 0 Å². The van der Waals surface area contributed by atoms with Crippen LogP contribution < -0.4 is 31.0 Å². The van der Waals surface area contributed by atoms with E-state index in [1.165, 1.54) is 0 Å². The Morgan fingerprint density at radius 1 is 1.14 bits per heavy atom. The molecule has 1 fully saturated rings. The maximum absolute atomic E-state index is 12.8. The summed E-state index contributed by atoms with van der Waals surface area (Å²) in [5, 5.41) is 13.9. The minimum Gasteiger partial charge on any atom is -0.492 e. The number of amides is 2. The molecule has 0 spiro atoms. The van der Waals surface area contributed by atoms with Crippen LogP contribution >= 0.6 is 0 Å². The molecule has 1 aliphatic rings. The number of nitro groups is 1. The van der Waals surface area contributed by atoms with E-state index in [1.54, 1.807) is 19.1 Å². The molecule has 13 nitrogen and oxygen atoms in total. The summed E-state index contributed by atoms with van der Waals surface area (Å²) >= 11 is 0. The molecule has 3 rings (SSSR count). The maximum Gasteiger partial charge on any atom is 0.286 e. The van der Waals surface area contributed by atoms with Crippen LogP contribution in [0.25, 0.3) is 0 Å². The van der Waals surface area contributed by atoms with Crippen molar-refractivity contribution in [2.24, 2.45) is 5.73 Å². The van der Waals surface area contributed by atoms with Crippen molar-refractivity contribution in [1.82, 2.24) is 4.57 Å². The molecule has 188 valence electrons. The minimum atomic E-state index is -1.13. The van der Waals surface area contributed by atoms with Gasteiger partial charge in [-0.25, -0.2) is 0 Å². The number of morpholine rings is 1. The Labute approximate surface area is 200 Å². The molecule has 35 heavy (non-hydrogen) atoms. The van der Waals surface area contributed by atoms with E-state index in [1.807, 2.05) is 6.92 Å². The highest BCUT2D eigenvalue weighted by Gasteiger charge is 2.22. The molecule has 0 atom stereocenters. The van der Waals surface area contributed by atoms with E-state index >= 15 is 0 Å². The van der Waals surface area contributed by atoms with Crippen molar-refractivity contribution >= 4 is 28.9 Å². The molecule has 1 aromatic heterocycles. The monoisotopic (exact) mass is 489 g/mol. The number of nitrogens with two attached hydrogens (primary N) is 1. The number of nitrogens with zero attached hydrogens (tertiary/aromatic N) is 3. The highest BCUT2D eigenvalue weighted by Crippen LogP contribution is 2.39. The van der Waals surface area contributed by atoms with Crippen LogP contribution in [0.15, 0.2) is 29.2 Å². The van der Waals surface area contributed by atoms with E-state index in [0.717, 1.165) is 22.5 Å². The van der Waals surface area contributed by atoms with Gasteiger partial charge in [0.15, 0.2) is 0 Å². The molecule has 2 heterocycles. The Kier molecular flexibility index (Phi) is 8.25. The normalized spacial score (nSPS) is 13.3. The van der Waals surface area contributed by atoms with Crippen molar-refractivity contribution < 1.29 is 28.7 Å². The van der Waals surface area contributed by atoms with Gasteiger partial charge in [0.05, 0.1) is 48.9 Å². The van der Waals surface area contributed by atoms with Crippen LogP contribution in [-0.2, 0) is 16.1 Å². The summed E-state index contributed by atoms with van der Waals surface area (Å²) in [5.41, 5.74) is 4.20. The maximum atomic E-state index is 12.8. The average Bonchev–Trinajstić information content (AvgIpc) is 2.82. The Balaban J connectivity index is 1.93. The summed E-state index contributed by atoms with van der Waals surface area (Å²) < 4.78 is 17.7. The van der Waals surface area contributed by atoms with Crippen molar-refractivity contribution in [2.75, 3.05) is 49.7 Å². The van der Waals surface area contributed by atoms with Gasteiger partial charge in [-0.2, -0.15) is 0 Å². The number of primary amides is 1. The van der Waals surface area contributed by atoms with E-state index in [-0.39, 0.29) is 0 Å². The first kappa shape index (κ1) is 25.5. The number of ether oxygens (including phenoxy) is 3. The number of hydrogen-bond acceptors (Lipinski definition) is 9. The number of nitrogens with one attached hydrogen (secondary N) is 1. The fraction of sp³-hybridized carbons (Fsp3) is 0.409. The van der Waals surface area contributed by atoms with Gasteiger partial charge >= 0.3 is 0 Å². The number of carbonyl (C=O) groups is 2. The number of hydrogen-bond donors (Lipinski definition) is 2. The van der Waals surface area contributed by atoms with E-state index in [0.29, 0.717) is 56.7 Å². The molecule has 3 N–H and O–H groups in total. The van der Waals surface area contributed by atoms with Crippen LogP contribution in [0, 0.1) is 10.1 Å². The van der Waals surface area contributed by atoms with Crippen LogP contribution in [0.5, 0.6) is 11.5 Å². The molecule has 2 amide bonds. The second-order valence-corrected chi connectivity index (χ2v) is 7.50. The molecular formula is C22H27N5O8. The topological polar surface area (TPSA) is 168 Å². The van der Waals surface area contributed by atoms with Crippen LogP contribution in [0.2, 0.25) is 0 Å². The molecule has 13 heteroatoms. The van der Waals surface area contributed by atoms with E-state index in [2.05, 4.69) is 10.2 Å². The lowest BCUT2D eigenvalue weighted by atomic mass is 10.2. The van der Waals surface area contributed by atoms with Gasteiger partial charge in [0.1, 0.15) is 23.6 Å². The van der Waals surface area contributed by atoms with Crippen molar-refractivity contribution in [3.8, 4) is 11.5 Å². The lowest BCUT2D eigenvalue weighted by molar-refractivity contribution is -0.385. The fourth-order valence-corrected chi connectivity index (χ4v) is 3.60. The fourth-order valence-electron chi connectivity index (χ4n) is 3.60. The van der Waals surface area contributed by atoms with Gasteiger partial charge in [0.2, 0.25) is 5.91 Å². The first-order chi connectivity index (χ1) is 16.7. The third kappa shape index (κ3) is 6.06. The van der Waals surface area contributed by atoms with Gasteiger partial charge in [-0.1, -0.05) is 0 Å². The summed E-state index contributed by atoms with van der Waals surface area (Å²) in [6.07, 6.45) is 0.880. The van der Waals surface area contributed by atoms with E-state index < -0.39 is 40.1 Å². The lowest BCUT2D eigenvalue weighted by Gasteiger charge is -2.31.